The predicted molar refractivity (Wildman–Crippen MR) is 82.6 cm³/mol. The highest BCUT2D eigenvalue weighted by atomic mass is 35.5. The van der Waals surface area contributed by atoms with Gasteiger partial charge in [0.25, 0.3) is 0 Å². The van der Waals surface area contributed by atoms with Crippen molar-refractivity contribution in [2.45, 2.75) is 0 Å². The highest BCUT2D eigenvalue weighted by molar-refractivity contribution is 6.28. The van der Waals surface area contributed by atoms with Crippen molar-refractivity contribution in [1.29, 1.82) is 5.26 Å². The van der Waals surface area contributed by atoms with E-state index in [4.69, 9.17) is 16.9 Å². The Morgan fingerprint density at radius 1 is 0.905 bits per heavy atom. The minimum atomic E-state index is 0.214. The van der Waals surface area contributed by atoms with Crippen LogP contribution < -0.4 is 0 Å². The maximum atomic E-state index is 8.88. The molecule has 0 aliphatic carbocycles. The summed E-state index contributed by atoms with van der Waals surface area (Å²) >= 11 is 5.94. The van der Waals surface area contributed by atoms with Gasteiger partial charge in [-0.05, 0) is 29.3 Å². The Balaban J connectivity index is 2.16. The van der Waals surface area contributed by atoms with Gasteiger partial charge in [-0.1, -0.05) is 42.5 Å². The quantitative estimate of drug-likeness (QED) is 0.660. The van der Waals surface area contributed by atoms with Crippen LogP contribution in [-0.2, 0) is 0 Å². The fraction of sp³-hybridized carbons (Fsp3) is 0. The van der Waals surface area contributed by atoms with Gasteiger partial charge in [-0.15, -0.1) is 0 Å². The number of benzene rings is 2. The molecule has 0 fully saturated rings. The van der Waals surface area contributed by atoms with Crippen molar-refractivity contribution in [2.24, 2.45) is 0 Å². The molecule has 21 heavy (non-hydrogen) atoms. The summed E-state index contributed by atoms with van der Waals surface area (Å²) in [6.07, 6.45) is 1.71. The van der Waals surface area contributed by atoms with E-state index in [0.29, 0.717) is 5.56 Å². The van der Waals surface area contributed by atoms with E-state index in [0.717, 1.165) is 22.4 Å². The van der Waals surface area contributed by atoms with E-state index in [1.54, 1.807) is 18.3 Å². The summed E-state index contributed by atoms with van der Waals surface area (Å²) in [5.41, 5.74) is 4.20. The standard InChI is InChI=1S/C17H10ClN3/c18-17-20-11-15(13-8-6-12(10-19)7-9-13)16(21-17)14-4-2-1-3-5-14/h1-9,11H. The molecule has 0 amide bonds. The molecule has 4 heteroatoms. The lowest BCUT2D eigenvalue weighted by molar-refractivity contribution is 1.17. The fourth-order valence-corrected chi connectivity index (χ4v) is 2.25. The summed E-state index contributed by atoms with van der Waals surface area (Å²) in [5.74, 6) is 0. The van der Waals surface area contributed by atoms with E-state index in [2.05, 4.69) is 16.0 Å². The van der Waals surface area contributed by atoms with Gasteiger partial charge in [-0.3, -0.25) is 0 Å². The number of hydrogen-bond acceptors (Lipinski definition) is 3. The highest BCUT2D eigenvalue weighted by Gasteiger charge is 2.10. The number of nitriles is 1. The molecule has 0 spiro atoms. The Hall–Kier alpha value is -2.70. The summed E-state index contributed by atoms with van der Waals surface area (Å²) < 4.78 is 0. The largest absolute Gasteiger partial charge is 0.226 e. The van der Waals surface area contributed by atoms with Crippen LogP contribution >= 0.6 is 11.6 Å². The number of halogens is 1. The maximum absolute atomic E-state index is 8.88. The molecule has 0 aliphatic rings. The first kappa shape index (κ1) is 13.3. The maximum Gasteiger partial charge on any atom is 0.222 e. The Morgan fingerprint density at radius 2 is 1.62 bits per heavy atom. The zero-order valence-corrected chi connectivity index (χ0v) is 11.7. The molecule has 2 aromatic carbocycles. The summed E-state index contributed by atoms with van der Waals surface area (Å²) in [7, 11) is 0. The van der Waals surface area contributed by atoms with Crippen molar-refractivity contribution in [3.63, 3.8) is 0 Å². The van der Waals surface area contributed by atoms with Crippen LogP contribution in [-0.4, -0.2) is 9.97 Å². The van der Waals surface area contributed by atoms with Gasteiger partial charge in [-0.25, -0.2) is 9.97 Å². The van der Waals surface area contributed by atoms with Crippen LogP contribution in [0.5, 0.6) is 0 Å². The third kappa shape index (κ3) is 2.76. The SMILES string of the molecule is N#Cc1ccc(-c2cnc(Cl)nc2-c2ccccc2)cc1. The average Bonchev–Trinajstić information content (AvgIpc) is 2.56. The third-order valence-corrected chi connectivity index (χ3v) is 3.31. The Bertz CT molecular complexity index is 806. The molecule has 0 radical (unpaired) electrons. The zero-order chi connectivity index (χ0) is 14.7. The molecule has 0 atom stereocenters. The van der Waals surface area contributed by atoms with Gasteiger partial charge >= 0.3 is 0 Å². The van der Waals surface area contributed by atoms with Crippen molar-refractivity contribution < 1.29 is 0 Å². The minimum Gasteiger partial charge on any atom is -0.226 e. The van der Waals surface area contributed by atoms with Crippen LogP contribution in [0.25, 0.3) is 22.4 Å². The van der Waals surface area contributed by atoms with Crippen LogP contribution in [0.3, 0.4) is 0 Å². The van der Waals surface area contributed by atoms with Gasteiger partial charge < -0.3 is 0 Å². The zero-order valence-electron chi connectivity index (χ0n) is 11.0. The molecule has 0 saturated carbocycles. The third-order valence-electron chi connectivity index (χ3n) is 3.13. The second-order valence-corrected chi connectivity index (χ2v) is 4.79. The van der Waals surface area contributed by atoms with Gasteiger partial charge in [0.05, 0.1) is 17.3 Å². The molecule has 0 saturated heterocycles. The first-order valence-electron chi connectivity index (χ1n) is 6.36. The topological polar surface area (TPSA) is 49.6 Å². The van der Waals surface area contributed by atoms with E-state index >= 15 is 0 Å². The molecule has 0 unspecified atom stereocenters. The van der Waals surface area contributed by atoms with Crippen molar-refractivity contribution in [2.75, 3.05) is 0 Å². The molecule has 0 aliphatic heterocycles. The number of nitrogens with zero attached hydrogens (tertiary/aromatic N) is 3. The number of rotatable bonds is 2. The first-order chi connectivity index (χ1) is 10.3. The van der Waals surface area contributed by atoms with Crippen molar-refractivity contribution in [3.8, 4) is 28.5 Å². The molecule has 0 bridgehead atoms. The highest BCUT2D eigenvalue weighted by Crippen LogP contribution is 2.30. The molecular formula is C17H10ClN3. The van der Waals surface area contributed by atoms with E-state index in [-0.39, 0.29) is 5.28 Å². The fourth-order valence-electron chi connectivity index (χ4n) is 2.11. The van der Waals surface area contributed by atoms with Crippen molar-refractivity contribution in [3.05, 3.63) is 71.6 Å². The smallest absolute Gasteiger partial charge is 0.222 e. The second kappa shape index (κ2) is 5.74. The van der Waals surface area contributed by atoms with E-state index in [9.17, 15) is 0 Å². The van der Waals surface area contributed by atoms with Crippen molar-refractivity contribution in [1.82, 2.24) is 9.97 Å². The van der Waals surface area contributed by atoms with E-state index in [1.165, 1.54) is 0 Å². The molecule has 3 aromatic rings. The summed E-state index contributed by atoms with van der Waals surface area (Å²) in [6, 6.07) is 19.2. The first-order valence-corrected chi connectivity index (χ1v) is 6.74. The summed E-state index contributed by atoms with van der Waals surface area (Å²) in [4.78, 5) is 8.43. The molecule has 3 nitrogen and oxygen atoms in total. The minimum absolute atomic E-state index is 0.214. The number of aromatic nitrogens is 2. The second-order valence-electron chi connectivity index (χ2n) is 4.46. The molecule has 100 valence electrons. The van der Waals surface area contributed by atoms with Gasteiger partial charge in [-0.2, -0.15) is 5.26 Å². The summed E-state index contributed by atoms with van der Waals surface area (Å²) in [6.45, 7) is 0. The van der Waals surface area contributed by atoms with Gasteiger partial charge in [0.1, 0.15) is 0 Å². The van der Waals surface area contributed by atoms with Crippen LogP contribution in [0.4, 0.5) is 0 Å². The predicted octanol–water partition coefficient (Wildman–Crippen LogP) is 4.34. The van der Waals surface area contributed by atoms with Crippen LogP contribution in [0.15, 0.2) is 60.8 Å². The Kier molecular flexibility index (Phi) is 3.63. The lowest BCUT2D eigenvalue weighted by Gasteiger charge is -2.09. The van der Waals surface area contributed by atoms with Gasteiger partial charge in [0, 0.05) is 17.3 Å². The Labute approximate surface area is 127 Å². The molecule has 0 N–H and O–H groups in total. The molecule has 1 aromatic heterocycles. The van der Waals surface area contributed by atoms with Crippen molar-refractivity contribution >= 4 is 11.6 Å². The lowest BCUT2D eigenvalue weighted by Crippen LogP contribution is -1.92. The van der Waals surface area contributed by atoms with Crippen LogP contribution in [0.1, 0.15) is 5.56 Å². The van der Waals surface area contributed by atoms with E-state index in [1.807, 2.05) is 42.5 Å². The molecule has 3 rings (SSSR count). The Morgan fingerprint density at radius 3 is 2.29 bits per heavy atom. The lowest BCUT2D eigenvalue weighted by atomic mass is 10.00. The molecule has 1 heterocycles. The van der Waals surface area contributed by atoms with E-state index < -0.39 is 0 Å². The normalized spacial score (nSPS) is 10.1. The van der Waals surface area contributed by atoms with Gasteiger partial charge in [0.15, 0.2) is 0 Å². The van der Waals surface area contributed by atoms with Crippen LogP contribution in [0.2, 0.25) is 5.28 Å². The van der Waals surface area contributed by atoms with Crippen LogP contribution in [0, 0.1) is 11.3 Å². The van der Waals surface area contributed by atoms with Gasteiger partial charge in [0.2, 0.25) is 5.28 Å². The molecular weight excluding hydrogens is 282 g/mol. The summed E-state index contributed by atoms with van der Waals surface area (Å²) in [5, 5.41) is 9.09. The monoisotopic (exact) mass is 291 g/mol. The number of hydrogen-bond donors (Lipinski definition) is 0. The average molecular weight is 292 g/mol.